The summed E-state index contributed by atoms with van der Waals surface area (Å²) in [6.07, 6.45) is 10.1. The first kappa shape index (κ1) is 12.6. The first-order valence-electron chi connectivity index (χ1n) is 5.92. The van der Waals surface area contributed by atoms with Crippen molar-refractivity contribution in [2.75, 3.05) is 7.11 Å². The standard InChI is InChI=1S/C15H17BrO/c1-17-15-10-6-13(7-11-15)3-2-12-4-8-14(16)9-5-12/h4-10,15H,2-3,11H2,1H3. The Bertz CT molecular complexity index is 417. The molecule has 2 rings (SSSR count). The Hall–Kier alpha value is -0.860. The minimum atomic E-state index is 0.270. The Labute approximate surface area is 111 Å². The summed E-state index contributed by atoms with van der Waals surface area (Å²) < 4.78 is 6.42. The summed E-state index contributed by atoms with van der Waals surface area (Å²) in [5, 5.41) is 0. The van der Waals surface area contributed by atoms with Crippen LogP contribution in [0.5, 0.6) is 0 Å². The van der Waals surface area contributed by atoms with Gasteiger partial charge in [-0.3, -0.25) is 0 Å². The van der Waals surface area contributed by atoms with Crippen LogP contribution in [0.15, 0.2) is 52.5 Å². The molecular formula is C15H17BrO. The van der Waals surface area contributed by atoms with Crippen molar-refractivity contribution in [1.29, 1.82) is 0 Å². The number of halogens is 1. The van der Waals surface area contributed by atoms with Gasteiger partial charge in [-0.05, 0) is 37.0 Å². The number of benzene rings is 1. The summed E-state index contributed by atoms with van der Waals surface area (Å²) in [7, 11) is 1.76. The number of hydrogen-bond donors (Lipinski definition) is 0. The summed E-state index contributed by atoms with van der Waals surface area (Å²) in [4.78, 5) is 0. The highest BCUT2D eigenvalue weighted by Gasteiger charge is 2.06. The van der Waals surface area contributed by atoms with E-state index in [1.807, 2.05) is 0 Å². The lowest BCUT2D eigenvalue weighted by molar-refractivity contribution is 0.142. The Morgan fingerprint density at radius 2 is 2.00 bits per heavy atom. The molecule has 0 N–H and O–H groups in total. The van der Waals surface area contributed by atoms with E-state index in [1.165, 1.54) is 11.1 Å². The molecule has 0 aliphatic heterocycles. The van der Waals surface area contributed by atoms with Crippen molar-refractivity contribution >= 4 is 15.9 Å². The summed E-state index contributed by atoms with van der Waals surface area (Å²) in [6.45, 7) is 0. The zero-order chi connectivity index (χ0) is 12.1. The highest BCUT2D eigenvalue weighted by molar-refractivity contribution is 9.10. The lowest BCUT2D eigenvalue weighted by Gasteiger charge is -2.14. The van der Waals surface area contributed by atoms with E-state index in [9.17, 15) is 0 Å². The van der Waals surface area contributed by atoms with E-state index in [2.05, 4.69) is 58.4 Å². The molecular weight excluding hydrogens is 276 g/mol. The van der Waals surface area contributed by atoms with E-state index in [4.69, 9.17) is 4.74 Å². The molecule has 2 heteroatoms. The monoisotopic (exact) mass is 292 g/mol. The predicted molar refractivity (Wildman–Crippen MR) is 75.1 cm³/mol. The molecule has 0 radical (unpaired) electrons. The van der Waals surface area contributed by atoms with Crippen LogP contribution in [0.1, 0.15) is 18.4 Å². The molecule has 1 aromatic carbocycles. The van der Waals surface area contributed by atoms with Gasteiger partial charge in [0.05, 0.1) is 6.10 Å². The fourth-order valence-electron chi connectivity index (χ4n) is 1.94. The van der Waals surface area contributed by atoms with Crippen LogP contribution >= 0.6 is 15.9 Å². The normalized spacial score (nSPS) is 19.2. The second-order valence-corrected chi connectivity index (χ2v) is 5.19. The maximum absolute atomic E-state index is 5.28. The Morgan fingerprint density at radius 3 is 2.59 bits per heavy atom. The molecule has 1 aromatic rings. The molecule has 1 atom stereocenters. The average molecular weight is 293 g/mol. The molecule has 90 valence electrons. The van der Waals surface area contributed by atoms with Gasteiger partial charge in [-0.25, -0.2) is 0 Å². The molecule has 1 unspecified atom stereocenters. The van der Waals surface area contributed by atoms with Crippen molar-refractivity contribution in [3.63, 3.8) is 0 Å². The van der Waals surface area contributed by atoms with Crippen LogP contribution in [0.2, 0.25) is 0 Å². The van der Waals surface area contributed by atoms with Crippen molar-refractivity contribution in [3.8, 4) is 0 Å². The molecule has 0 saturated carbocycles. The summed E-state index contributed by atoms with van der Waals surface area (Å²) in [6, 6.07) is 8.55. The minimum Gasteiger partial charge on any atom is -0.377 e. The molecule has 17 heavy (non-hydrogen) atoms. The van der Waals surface area contributed by atoms with Crippen LogP contribution in [-0.4, -0.2) is 13.2 Å². The second-order valence-electron chi connectivity index (χ2n) is 4.27. The first-order valence-corrected chi connectivity index (χ1v) is 6.71. The van der Waals surface area contributed by atoms with E-state index in [1.54, 1.807) is 7.11 Å². The van der Waals surface area contributed by atoms with Gasteiger partial charge in [0, 0.05) is 11.6 Å². The van der Waals surface area contributed by atoms with Gasteiger partial charge in [0.15, 0.2) is 0 Å². The van der Waals surface area contributed by atoms with Gasteiger partial charge in [-0.2, -0.15) is 0 Å². The Kier molecular flexibility index (Phi) is 4.57. The Balaban J connectivity index is 1.85. The van der Waals surface area contributed by atoms with Crippen LogP contribution in [0.3, 0.4) is 0 Å². The number of methoxy groups -OCH3 is 1. The molecule has 0 amide bonds. The van der Waals surface area contributed by atoms with E-state index >= 15 is 0 Å². The summed E-state index contributed by atoms with van der Waals surface area (Å²) in [5.41, 5.74) is 2.80. The molecule has 0 fully saturated rings. The molecule has 0 saturated heterocycles. The smallest absolute Gasteiger partial charge is 0.0789 e. The van der Waals surface area contributed by atoms with E-state index in [0.29, 0.717) is 0 Å². The largest absolute Gasteiger partial charge is 0.377 e. The molecule has 1 aliphatic rings. The predicted octanol–water partition coefficient (Wildman–Crippen LogP) is 4.28. The summed E-state index contributed by atoms with van der Waals surface area (Å²) in [5.74, 6) is 0. The van der Waals surface area contributed by atoms with Crippen molar-refractivity contribution in [2.45, 2.75) is 25.4 Å². The van der Waals surface area contributed by atoms with Gasteiger partial charge in [-0.15, -0.1) is 0 Å². The maximum atomic E-state index is 5.28. The van der Waals surface area contributed by atoms with Crippen LogP contribution in [0.25, 0.3) is 0 Å². The third kappa shape index (κ3) is 3.83. The molecule has 0 aromatic heterocycles. The summed E-state index contributed by atoms with van der Waals surface area (Å²) >= 11 is 3.45. The highest BCUT2D eigenvalue weighted by Crippen LogP contribution is 2.18. The number of aryl methyl sites for hydroxylation is 1. The van der Waals surface area contributed by atoms with Crippen LogP contribution in [0, 0.1) is 0 Å². The quantitative estimate of drug-likeness (QED) is 0.805. The van der Waals surface area contributed by atoms with Gasteiger partial charge >= 0.3 is 0 Å². The zero-order valence-corrected chi connectivity index (χ0v) is 11.6. The van der Waals surface area contributed by atoms with Gasteiger partial charge in [-0.1, -0.05) is 51.9 Å². The van der Waals surface area contributed by atoms with Gasteiger partial charge in [0.25, 0.3) is 0 Å². The van der Waals surface area contributed by atoms with Gasteiger partial charge in [0.2, 0.25) is 0 Å². The van der Waals surface area contributed by atoms with Crippen LogP contribution < -0.4 is 0 Å². The maximum Gasteiger partial charge on any atom is 0.0789 e. The number of rotatable bonds is 4. The second kappa shape index (κ2) is 6.18. The van der Waals surface area contributed by atoms with Crippen LogP contribution in [0.4, 0.5) is 0 Å². The highest BCUT2D eigenvalue weighted by atomic mass is 79.9. The number of allylic oxidation sites excluding steroid dienone is 2. The molecule has 0 spiro atoms. The van der Waals surface area contributed by atoms with Crippen molar-refractivity contribution < 1.29 is 4.74 Å². The van der Waals surface area contributed by atoms with E-state index < -0.39 is 0 Å². The van der Waals surface area contributed by atoms with Gasteiger partial charge < -0.3 is 4.74 Å². The topological polar surface area (TPSA) is 9.23 Å². The first-order chi connectivity index (χ1) is 8.28. The minimum absolute atomic E-state index is 0.270. The molecule has 1 nitrogen and oxygen atoms in total. The van der Waals surface area contributed by atoms with E-state index in [-0.39, 0.29) is 6.10 Å². The fraction of sp³-hybridized carbons (Fsp3) is 0.333. The Morgan fingerprint density at radius 1 is 1.24 bits per heavy atom. The number of ether oxygens (including phenoxy) is 1. The number of hydrogen-bond acceptors (Lipinski definition) is 1. The lowest BCUT2D eigenvalue weighted by Crippen LogP contribution is -2.08. The lowest BCUT2D eigenvalue weighted by atomic mass is 9.99. The third-order valence-corrected chi connectivity index (χ3v) is 3.58. The molecule has 0 bridgehead atoms. The third-order valence-electron chi connectivity index (χ3n) is 3.06. The van der Waals surface area contributed by atoms with Gasteiger partial charge in [0.1, 0.15) is 0 Å². The SMILES string of the molecule is COC1C=CC(CCc2ccc(Br)cc2)=CC1. The van der Waals surface area contributed by atoms with Crippen LogP contribution in [-0.2, 0) is 11.2 Å². The molecule has 1 aliphatic carbocycles. The molecule has 0 heterocycles. The van der Waals surface area contributed by atoms with Crippen molar-refractivity contribution in [1.82, 2.24) is 0 Å². The van der Waals surface area contributed by atoms with E-state index in [0.717, 1.165) is 23.7 Å². The fourth-order valence-corrected chi connectivity index (χ4v) is 2.21. The van der Waals surface area contributed by atoms with Crippen molar-refractivity contribution in [3.05, 3.63) is 58.1 Å². The zero-order valence-electron chi connectivity index (χ0n) is 10.0. The van der Waals surface area contributed by atoms with Crippen molar-refractivity contribution in [2.24, 2.45) is 0 Å². The average Bonchev–Trinajstić information content (AvgIpc) is 2.39.